The Bertz CT molecular complexity index is 598. The quantitative estimate of drug-likeness (QED) is 0.850. The summed E-state index contributed by atoms with van der Waals surface area (Å²) >= 11 is 3.44. The van der Waals surface area contributed by atoms with E-state index in [0.29, 0.717) is 13.0 Å². The Morgan fingerprint density at radius 2 is 2.00 bits per heavy atom. The number of aliphatic hydroxyl groups is 1. The van der Waals surface area contributed by atoms with Gasteiger partial charge in [0.05, 0.1) is 19.8 Å². The van der Waals surface area contributed by atoms with Crippen LogP contribution >= 0.6 is 15.9 Å². The van der Waals surface area contributed by atoms with Crippen LogP contribution in [0.2, 0.25) is 0 Å². The fraction of sp³-hybridized carbons (Fsp3) is 0.294. The molecule has 0 aliphatic carbocycles. The first-order valence-corrected chi connectivity index (χ1v) is 7.66. The highest BCUT2D eigenvalue weighted by molar-refractivity contribution is 9.10. The van der Waals surface area contributed by atoms with Crippen molar-refractivity contribution in [2.45, 2.75) is 19.4 Å². The number of hydrogen-bond donors (Lipinski definition) is 1. The van der Waals surface area contributed by atoms with Crippen LogP contribution in [0.15, 0.2) is 46.9 Å². The van der Waals surface area contributed by atoms with Crippen LogP contribution in [-0.2, 0) is 6.42 Å². The molecule has 0 amide bonds. The van der Waals surface area contributed by atoms with Crippen molar-refractivity contribution in [1.29, 1.82) is 0 Å². The lowest BCUT2D eigenvalue weighted by molar-refractivity contribution is 0.172. The molecule has 3 nitrogen and oxygen atoms in total. The van der Waals surface area contributed by atoms with E-state index in [0.717, 1.165) is 27.1 Å². The molecule has 0 heterocycles. The number of ether oxygens (including phenoxy) is 2. The van der Waals surface area contributed by atoms with Crippen LogP contribution in [0.4, 0.5) is 0 Å². The van der Waals surface area contributed by atoms with Gasteiger partial charge in [-0.15, -0.1) is 0 Å². The van der Waals surface area contributed by atoms with E-state index in [1.165, 1.54) is 0 Å². The minimum Gasteiger partial charge on any atom is -0.497 e. The van der Waals surface area contributed by atoms with E-state index in [9.17, 15) is 5.11 Å². The fourth-order valence-corrected chi connectivity index (χ4v) is 2.58. The molecule has 1 N–H and O–H groups in total. The lowest BCUT2D eigenvalue weighted by Gasteiger charge is -2.16. The topological polar surface area (TPSA) is 38.7 Å². The Morgan fingerprint density at radius 3 is 2.71 bits per heavy atom. The largest absolute Gasteiger partial charge is 0.497 e. The number of hydrogen-bond acceptors (Lipinski definition) is 3. The minimum atomic E-state index is -0.629. The predicted molar refractivity (Wildman–Crippen MR) is 87.0 cm³/mol. The predicted octanol–water partition coefficient (Wildman–Crippen LogP) is 4.13. The molecule has 0 spiro atoms. The minimum absolute atomic E-state index is 0.508. The van der Waals surface area contributed by atoms with E-state index in [2.05, 4.69) is 15.9 Å². The number of benzene rings is 2. The van der Waals surface area contributed by atoms with Crippen LogP contribution in [-0.4, -0.2) is 18.8 Å². The van der Waals surface area contributed by atoms with Crippen molar-refractivity contribution in [2.75, 3.05) is 13.7 Å². The lowest BCUT2D eigenvalue weighted by Crippen LogP contribution is -2.05. The second-order valence-electron chi connectivity index (χ2n) is 4.69. The van der Waals surface area contributed by atoms with Crippen LogP contribution in [0.1, 0.15) is 24.2 Å². The summed E-state index contributed by atoms with van der Waals surface area (Å²) in [4.78, 5) is 0. The Balaban J connectivity index is 2.22. The van der Waals surface area contributed by atoms with Gasteiger partial charge >= 0.3 is 0 Å². The van der Waals surface area contributed by atoms with Crippen molar-refractivity contribution in [2.24, 2.45) is 0 Å². The average molecular weight is 351 g/mol. The molecule has 1 unspecified atom stereocenters. The van der Waals surface area contributed by atoms with Crippen LogP contribution in [0.3, 0.4) is 0 Å². The molecular formula is C17H19BrO3. The van der Waals surface area contributed by atoms with Crippen LogP contribution in [0.25, 0.3) is 0 Å². The van der Waals surface area contributed by atoms with E-state index in [1.807, 2.05) is 49.4 Å². The number of rotatable bonds is 6. The monoisotopic (exact) mass is 350 g/mol. The van der Waals surface area contributed by atoms with Crippen molar-refractivity contribution in [3.05, 3.63) is 58.1 Å². The summed E-state index contributed by atoms with van der Waals surface area (Å²) in [5.41, 5.74) is 1.80. The van der Waals surface area contributed by atoms with Crippen LogP contribution in [0, 0.1) is 0 Å². The molecule has 4 heteroatoms. The van der Waals surface area contributed by atoms with Gasteiger partial charge in [0, 0.05) is 16.5 Å². The summed E-state index contributed by atoms with van der Waals surface area (Å²) < 4.78 is 11.7. The SMILES string of the molecule is CCOc1ccc(Br)cc1C(O)Cc1cccc(OC)c1. The Kier molecular flexibility index (Phi) is 5.65. The molecule has 2 rings (SSSR count). The zero-order chi connectivity index (χ0) is 15.2. The Labute approximate surface area is 133 Å². The molecule has 0 aliphatic heterocycles. The van der Waals surface area contributed by atoms with Gasteiger partial charge < -0.3 is 14.6 Å². The highest BCUT2D eigenvalue weighted by Gasteiger charge is 2.15. The van der Waals surface area contributed by atoms with Crippen molar-refractivity contribution < 1.29 is 14.6 Å². The molecule has 0 saturated heterocycles. The molecule has 0 radical (unpaired) electrons. The molecular weight excluding hydrogens is 332 g/mol. The molecule has 0 aromatic heterocycles. The second-order valence-corrected chi connectivity index (χ2v) is 5.60. The maximum Gasteiger partial charge on any atom is 0.125 e. The van der Waals surface area contributed by atoms with Crippen molar-refractivity contribution >= 4 is 15.9 Å². The zero-order valence-corrected chi connectivity index (χ0v) is 13.8. The van der Waals surface area contributed by atoms with Gasteiger partial charge in [-0.25, -0.2) is 0 Å². The van der Waals surface area contributed by atoms with Gasteiger partial charge in [0.15, 0.2) is 0 Å². The third-order valence-electron chi connectivity index (χ3n) is 3.19. The molecule has 0 aliphatic rings. The van der Waals surface area contributed by atoms with Gasteiger partial charge in [0.25, 0.3) is 0 Å². The molecule has 0 bridgehead atoms. The maximum absolute atomic E-state index is 10.5. The summed E-state index contributed by atoms with van der Waals surface area (Å²) in [6, 6.07) is 13.4. The van der Waals surface area contributed by atoms with Crippen LogP contribution in [0.5, 0.6) is 11.5 Å². The standard InChI is InChI=1S/C17H19BrO3/c1-3-21-17-8-7-13(18)11-15(17)16(19)10-12-5-4-6-14(9-12)20-2/h4-9,11,16,19H,3,10H2,1-2H3. The molecule has 0 fully saturated rings. The van der Waals surface area contributed by atoms with E-state index >= 15 is 0 Å². The second kappa shape index (κ2) is 7.48. The number of methoxy groups -OCH3 is 1. The van der Waals surface area contributed by atoms with Crippen molar-refractivity contribution in [3.63, 3.8) is 0 Å². The summed E-state index contributed by atoms with van der Waals surface area (Å²) in [6.45, 7) is 2.50. The van der Waals surface area contributed by atoms with E-state index in [1.54, 1.807) is 7.11 Å². The van der Waals surface area contributed by atoms with Gasteiger partial charge in [-0.3, -0.25) is 0 Å². The third kappa shape index (κ3) is 4.22. The molecule has 2 aromatic rings. The normalized spacial score (nSPS) is 12.0. The van der Waals surface area contributed by atoms with E-state index in [4.69, 9.17) is 9.47 Å². The summed E-state index contributed by atoms with van der Waals surface area (Å²) in [6.07, 6.45) is -0.121. The van der Waals surface area contributed by atoms with Gasteiger partial charge in [-0.2, -0.15) is 0 Å². The summed E-state index contributed by atoms with van der Waals surface area (Å²) in [5, 5.41) is 10.5. The number of halogens is 1. The van der Waals surface area contributed by atoms with E-state index < -0.39 is 6.10 Å². The van der Waals surface area contributed by atoms with Gasteiger partial charge in [-0.1, -0.05) is 28.1 Å². The van der Waals surface area contributed by atoms with E-state index in [-0.39, 0.29) is 0 Å². The highest BCUT2D eigenvalue weighted by atomic mass is 79.9. The first-order valence-electron chi connectivity index (χ1n) is 6.87. The lowest BCUT2D eigenvalue weighted by atomic mass is 10.0. The molecule has 112 valence electrons. The van der Waals surface area contributed by atoms with Gasteiger partial charge in [-0.05, 0) is 42.8 Å². The maximum atomic E-state index is 10.5. The first kappa shape index (κ1) is 15.9. The number of aliphatic hydroxyl groups excluding tert-OH is 1. The van der Waals surface area contributed by atoms with Crippen LogP contribution < -0.4 is 9.47 Å². The summed E-state index contributed by atoms with van der Waals surface area (Å²) in [5.74, 6) is 1.51. The Morgan fingerprint density at radius 1 is 1.19 bits per heavy atom. The smallest absolute Gasteiger partial charge is 0.125 e. The molecule has 2 aromatic carbocycles. The first-order chi connectivity index (χ1) is 10.1. The Hall–Kier alpha value is -1.52. The van der Waals surface area contributed by atoms with Gasteiger partial charge in [0.2, 0.25) is 0 Å². The zero-order valence-electron chi connectivity index (χ0n) is 12.2. The molecule has 1 atom stereocenters. The molecule has 0 saturated carbocycles. The fourth-order valence-electron chi connectivity index (χ4n) is 2.20. The van der Waals surface area contributed by atoms with Crippen molar-refractivity contribution in [3.8, 4) is 11.5 Å². The van der Waals surface area contributed by atoms with Crippen molar-refractivity contribution in [1.82, 2.24) is 0 Å². The molecule has 21 heavy (non-hydrogen) atoms. The van der Waals surface area contributed by atoms with Gasteiger partial charge in [0.1, 0.15) is 11.5 Å². The third-order valence-corrected chi connectivity index (χ3v) is 3.69. The summed E-state index contributed by atoms with van der Waals surface area (Å²) in [7, 11) is 1.64. The highest BCUT2D eigenvalue weighted by Crippen LogP contribution is 2.31. The average Bonchev–Trinajstić information content (AvgIpc) is 2.49.